The van der Waals surface area contributed by atoms with Crippen LogP contribution in [0.4, 0.5) is 0 Å². The number of carboxylic acid groups (broad SMARTS) is 1. The number of hydrogen-bond donors (Lipinski definition) is 1. The summed E-state index contributed by atoms with van der Waals surface area (Å²) >= 11 is 0.936. The Bertz CT molecular complexity index is 599. The summed E-state index contributed by atoms with van der Waals surface area (Å²) in [4.78, 5) is 11.2. The molecule has 0 aliphatic carbocycles. The Morgan fingerprint density at radius 1 is 1.41 bits per heavy atom. The number of rotatable bonds is 3. The Labute approximate surface area is 102 Å². The Morgan fingerprint density at radius 2 is 2.06 bits per heavy atom. The third-order valence-corrected chi connectivity index (χ3v) is 3.63. The molecule has 5 heteroatoms. The summed E-state index contributed by atoms with van der Waals surface area (Å²) in [6.45, 7) is 2.21. The predicted molar refractivity (Wildman–Crippen MR) is 62.8 cm³/mol. The molecule has 0 atom stereocenters. The second kappa shape index (κ2) is 4.55. The number of benzene rings is 1. The molecule has 4 nitrogen and oxygen atoms in total. The van der Waals surface area contributed by atoms with Gasteiger partial charge in [0, 0.05) is 5.69 Å². The molecule has 0 radical (unpaired) electrons. The van der Waals surface area contributed by atoms with Gasteiger partial charge in [0.05, 0.1) is 17.4 Å². The molecule has 0 amide bonds. The van der Waals surface area contributed by atoms with Crippen LogP contribution < -0.4 is 9.91 Å². The first kappa shape index (κ1) is 11.6. The van der Waals surface area contributed by atoms with Gasteiger partial charge >= 0.3 is 0 Å². The first-order valence-corrected chi connectivity index (χ1v) is 5.91. The monoisotopic (exact) mass is 247 g/mol. The minimum Gasteiger partial charge on any atom is -0.544 e. The van der Waals surface area contributed by atoms with Crippen LogP contribution in [-0.2, 0) is 6.54 Å². The van der Waals surface area contributed by atoms with Crippen molar-refractivity contribution >= 4 is 17.3 Å². The van der Waals surface area contributed by atoms with Gasteiger partial charge in [0.1, 0.15) is 0 Å². The number of thiazole rings is 1. The average Bonchev–Trinajstić information content (AvgIpc) is 2.58. The fourth-order valence-corrected chi connectivity index (χ4v) is 2.49. The van der Waals surface area contributed by atoms with Crippen molar-refractivity contribution in [1.82, 2.24) is 4.57 Å². The molecule has 1 N–H and O–H groups in total. The van der Waals surface area contributed by atoms with E-state index in [1.807, 2.05) is 30.3 Å². The molecule has 0 aliphatic rings. The van der Waals surface area contributed by atoms with E-state index >= 15 is 0 Å². The van der Waals surface area contributed by atoms with Crippen molar-refractivity contribution in [3.05, 3.63) is 51.3 Å². The minimum atomic E-state index is -1.21. The smallest absolute Gasteiger partial charge is 0.183 e. The molecule has 1 aromatic carbocycles. The van der Waals surface area contributed by atoms with E-state index in [-0.39, 0.29) is 9.68 Å². The van der Waals surface area contributed by atoms with Crippen LogP contribution in [0, 0.1) is 12.3 Å². The van der Waals surface area contributed by atoms with E-state index in [2.05, 4.69) is 0 Å². The molecule has 2 aromatic rings. The lowest BCUT2D eigenvalue weighted by molar-refractivity contribution is -0.254. The van der Waals surface area contributed by atoms with Crippen molar-refractivity contribution in [3.63, 3.8) is 0 Å². The van der Waals surface area contributed by atoms with Crippen LogP contribution in [0.15, 0.2) is 30.3 Å². The van der Waals surface area contributed by atoms with Crippen LogP contribution in [0.2, 0.25) is 0 Å². The van der Waals surface area contributed by atoms with Crippen LogP contribution in [0.25, 0.3) is 0 Å². The molecule has 0 saturated carbocycles. The van der Waals surface area contributed by atoms with Gasteiger partial charge < -0.3 is 14.5 Å². The van der Waals surface area contributed by atoms with Crippen LogP contribution in [0.3, 0.4) is 0 Å². The molecule has 0 saturated heterocycles. The number of hydrogen-bond acceptors (Lipinski definition) is 4. The highest BCUT2D eigenvalue weighted by Crippen LogP contribution is 2.12. The molecule has 0 unspecified atom stereocenters. The first-order chi connectivity index (χ1) is 8.09. The normalized spacial score (nSPS) is 10.4. The summed E-state index contributed by atoms with van der Waals surface area (Å²) in [6.07, 6.45) is 0. The van der Waals surface area contributed by atoms with Gasteiger partial charge in [0.2, 0.25) is 0 Å². The quantitative estimate of drug-likeness (QED) is 0.869. The summed E-state index contributed by atoms with van der Waals surface area (Å²) in [5, 5.41) is 18.6. The minimum absolute atomic E-state index is 0.130. The largest absolute Gasteiger partial charge is 0.544 e. The van der Waals surface area contributed by atoms with E-state index in [0.29, 0.717) is 12.2 Å². The van der Waals surface area contributed by atoms with Crippen LogP contribution >= 0.6 is 11.3 Å². The Morgan fingerprint density at radius 3 is 2.59 bits per heavy atom. The standard InChI is InChI=1S/C12H12N2O2S/c1-8-10(11(15)16)17-12(13)14(8)7-9-5-3-2-4-6-9/h2-6,13H,7H2,1H3,(H,15,16)/p-1. The zero-order valence-electron chi connectivity index (χ0n) is 9.27. The predicted octanol–water partition coefficient (Wildman–Crippen LogP) is 0.749. The van der Waals surface area contributed by atoms with Crippen molar-refractivity contribution in [3.8, 4) is 0 Å². The van der Waals surface area contributed by atoms with Gasteiger partial charge in [0.15, 0.2) is 4.80 Å². The Balaban J connectivity index is 2.41. The number of aromatic carboxylic acids is 1. The zero-order chi connectivity index (χ0) is 12.4. The molecule has 88 valence electrons. The highest BCUT2D eigenvalue weighted by molar-refractivity contribution is 7.11. The van der Waals surface area contributed by atoms with Crippen molar-refractivity contribution < 1.29 is 9.90 Å². The van der Waals surface area contributed by atoms with Gasteiger partial charge in [-0.05, 0) is 12.5 Å². The lowest BCUT2D eigenvalue weighted by atomic mass is 10.2. The molecule has 0 spiro atoms. The van der Waals surface area contributed by atoms with Gasteiger partial charge in [0.25, 0.3) is 0 Å². The van der Waals surface area contributed by atoms with Crippen molar-refractivity contribution in [1.29, 1.82) is 5.41 Å². The molecule has 0 aliphatic heterocycles. The zero-order valence-corrected chi connectivity index (χ0v) is 10.1. The lowest BCUT2D eigenvalue weighted by Gasteiger charge is -2.07. The van der Waals surface area contributed by atoms with E-state index in [9.17, 15) is 9.90 Å². The Kier molecular flexibility index (Phi) is 3.10. The number of carbonyl (C=O) groups excluding carboxylic acids is 1. The highest BCUT2D eigenvalue weighted by Gasteiger charge is 2.09. The van der Waals surface area contributed by atoms with E-state index in [1.54, 1.807) is 11.5 Å². The van der Waals surface area contributed by atoms with Gasteiger partial charge in [-0.1, -0.05) is 41.7 Å². The Hall–Kier alpha value is -1.88. The molecule has 0 bridgehead atoms. The van der Waals surface area contributed by atoms with Crippen molar-refractivity contribution in [2.75, 3.05) is 0 Å². The van der Waals surface area contributed by atoms with E-state index in [1.165, 1.54) is 0 Å². The molecule has 1 aromatic heterocycles. The number of nitrogens with zero attached hydrogens (tertiary/aromatic N) is 1. The third-order valence-electron chi connectivity index (χ3n) is 2.55. The molecular weight excluding hydrogens is 236 g/mol. The van der Waals surface area contributed by atoms with Gasteiger partial charge in [-0.3, -0.25) is 5.41 Å². The molecule has 2 rings (SSSR count). The van der Waals surface area contributed by atoms with E-state index in [4.69, 9.17) is 5.41 Å². The fourth-order valence-electron chi connectivity index (χ4n) is 1.65. The van der Waals surface area contributed by atoms with Crippen molar-refractivity contribution in [2.45, 2.75) is 13.5 Å². The first-order valence-electron chi connectivity index (χ1n) is 5.09. The number of nitrogens with one attached hydrogen (secondary N) is 1. The topological polar surface area (TPSA) is 68.9 Å². The summed E-state index contributed by atoms with van der Waals surface area (Å²) in [6, 6.07) is 9.65. The second-order valence-corrected chi connectivity index (χ2v) is 4.68. The maximum atomic E-state index is 10.8. The van der Waals surface area contributed by atoms with E-state index < -0.39 is 5.97 Å². The third kappa shape index (κ3) is 2.29. The number of carboxylic acids is 1. The summed E-state index contributed by atoms with van der Waals surface area (Å²) in [7, 11) is 0. The maximum absolute atomic E-state index is 10.8. The molecule has 0 fully saturated rings. The SMILES string of the molecule is Cc1c(C(=O)[O-])sc(=N)n1Cc1ccccc1. The molecular formula is C12H11N2O2S-. The van der Waals surface area contributed by atoms with Gasteiger partial charge in [-0.2, -0.15) is 0 Å². The summed E-state index contributed by atoms with van der Waals surface area (Å²) < 4.78 is 1.67. The fraction of sp³-hybridized carbons (Fsp3) is 0.167. The van der Waals surface area contributed by atoms with Crippen molar-refractivity contribution in [2.24, 2.45) is 0 Å². The highest BCUT2D eigenvalue weighted by atomic mass is 32.1. The number of aromatic nitrogens is 1. The summed E-state index contributed by atoms with van der Waals surface area (Å²) in [5.41, 5.74) is 1.61. The lowest BCUT2D eigenvalue weighted by Crippen LogP contribution is -2.22. The average molecular weight is 247 g/mol. The molecule has 1 heterocycles. The maximum Gasteiger partial charge on any atom is 0.183 e. The second-order valence-electron chi connectivity index (χ2n) is 3.68. The molecule has 17 heavy (non-hydrogen) atoms. The number of carbonyl (C=O) groups is 1. The summed E-state index contributed by atoms with van der Waals surface area (Å²) in [5.74, 6) is -1.21. The van der Waals surface area contributed by atoms with Crippen LogP contribution in [-0.4, -0.2) is 10.5 Å². The van der Waals surface area contributed by atoms with E-state index in [0.717, 1.165) is 16.9 Å². The van der Waals surface area contributed by atoms with Crippen LogP contribution in [0.1, 0.15) is 20.9 Å². The van der Waals surface area contributed by atoms with Gasteiger partial charge in [-0.25, -0.2) is 0 Å². The van der Waals surface area contributed by atoms with Crippen LogP contribution in [0.5, 0.6) is 0 Å². The van der Waals surface area contributed by atoms with Gasteiger partial charge in [-0.15, -0.1) is 0 Å².